The summed E-state index contributed by atoms with van der Waals surface area (Å²) in [6.07, 6.45) is 4.36. The number of hydrogen-bond acceptors (Lipinski definition) is 4. The fourth-order valence-electron chi connectivity index (χ4n) is 3.09. The lowest BCUT2D eigenvalue weighted by Crippen LogP contribution is -2.26. The minimum Gasteiger partial charge on any atom is -0.340 e. The molecule has 0 aliphatic carbocycles. The second kappa shape index (κ2) is 6.58. The van der Waals surface area contributed by atoms with Crippen LogP contribution in [0.1, 0.15) is 33.3 Å². The highest BCUT2D eigenvalue weighted by Gasteiger charge is 2.31. The van der Waals surface area contributed by atoms with Crippen LogP contribution in [0.5, 0.6) is 0 Å². The molecule has 1 aliphatic heterocycles. The molecule has 25 heavy (non-hydrogen) atoms. The van der Waals surface area contributed by atoms with E-state index >= 15 is 0 Å². The molecule has 1 aromatic carbocycles. The summed E-state index contributed by atoms with van der Waals surface area (Å²) in [6, 6.07) is 11.7. The Labute approximate surface area is 155 Å². The lowest BCUT2D eigenvalue weighted by molar-refractivity contribution is 0.0794. The fraction of sp³-hybridized carbons (Fsp3) is 0.211. The SMILES string of the molecule is CN1CCC(c2ccc(Cl)cc2)c2sc(-c3ccncc3)nc2C1=O. The van der Waals surface area contributed by atoms with Crippen LogP contribution in [0, 0.1) is 0 Å². The Hall–Kier alpha value is -2.24. The normalized spacial score (nSPS) is 17.3. The van der Waals surface area contributed by atoms with Crippen molar-refractivity contribution in [2.24, 2.45) is 0 Å². The standard InChI is InChI=1S/C19H16ClN3OS/c1-23-11-8-15(12-2-4-14(20)5-3-12)17-16(19(23)24)22-18(25-17)13-6-9-21-10-7-13/h2-7,9-10,15H,8,11H2,1H3. The maximum absolute atomic E-state index is 12.7. The first-order valence-corrected chi connectivity index (χ1v) is 9.25. The van der Waals surface area contributed by atoms with E-state index in [0.29, 0.717) is 17.3 Å². The highest BCUT2D eigenvalue weighted by Crippen LogP contribution is 2.40. The van der Waals surface area contributed by atoms with Crippen LogP contribution >= 0.6 is 22.9 Å². The molecular formula is C19H16ClN3OS. The molecule has 1 amide bonds. The molecule has 126 valence electrons. The molecule has 0 N–H and O–H groups in total. The van der Waals surface area contributed by atoms with Gasteiger partial charge in [0.05, 0.1) is 0 Å². The van der Waals surface area contributed by atoms with Gasteiger partial charge in [0, 0.05) is 47.4 Å². The number of nitrogens with zero attached hydrogens (tertiary/aromatic N) is 3. The highest BCUT2D eigenvalue weighted by atomic mass is 35.5. The summed E-state index contributed by atoms with van der Waals surface area (Å²) in [4.78, 5) is 24.3. The molecule has 6 heteroatoms. The van der Waals surface area contributed by atoms with Gasteiger partial charge in [0.2, 0.25) is 0 Å². The lowest BCUT2D eigenvalue weighted by Gasteiger charge is -2.16. The molecule has 4 rings (SSSR count). The van der Waals surface area contributed by atoms with Crippen molar-refractivity contribution in [3.8, 4) is 10.6 Å². The predicted molar refractivity (Wildman–Crippen MR) is 100 cm³/mol. The van der Waals surface area contributed by atoms with E-state index in [4.69, 9.17) is 11.6 Å². The molecular weight excluding hydrogens is 354 g/mol. The molecule has 0 saturated carbocycles. The largest absolute Gasteiger partial charge is 0.340 e. The maximum atomic E-state index is 12.7. The summed E-state index contributed by atoms with van der Waals surface area (Å²) >= 11 is 7.63. The smallest absolute Gasteiger partial charge is 0.273 e. The fourth-order valence-corrected chi connectivity index (χ4v) is 4.44. The topological polar surface area (TPSA) is 46.1 Å². The van der Waals surface area contributed by atoms with Crippen LogP contribution < -0.4 is 0 Å². The second-order valence-corrected chi connectivity index (χ2v) is 7.55. The quantitative estimate of drug-likeness (QED) is 0.669. The molecule has 1 atom stereocenters. The summed E-state index contributed by atoms with van der Waals surface area (Å²) in [7, 11) is 1.84. The Bertz CT molecular complexity index is 908. The van der Waals surface area contributed by atoms with E-state index < -0.39 is 0 Å². The number of halogens is 1. The van der Waals surface area contributed by atoms with Crippen molar-refractivity contribution in [1.82, 2.24) is 14.9 Å². The molecule has 1 unspecified atom stereocenters. The number of thiazole rings is 1. The van der Waals surface area contributed by atoms with Gasteiger partial charge in [-0.05, 0) is 36.2 Å². The molecule has 1 aliphatic rings. The third-order valence-electron chi connectivity index (χ3n) is 4.47. The summed E-state index contributed by atoms with van der Waals surface area (Å²) < 4.78 is 0. The Morgan fingerprint density at radius 1 is 1.16 bits per heavy atom. The number of pyridine rings is 1. The molecule has 3 heterocycles. The molecule has 0 bridgehead atoms. The third kappa shape index (κ3) is 3.05. The van der Waals surface area contributed by atoms with E-state index in [1.807, 2.05) is 43.4 Å². The van der Waals surface area contributed by atoms with Crippen molar-refractivity contribution < 1.29 is 4.79 Å². The zero-order chi connectivity index (χ0) is 17.4. The van der Waals surface area contributed by atoms with Gasteiger partial charge in [-0.15, -0.1) is 11.3 Å². The van der Waals surface area contributed by atoms with E-state index in [-0.39, 0.29) is 11.8 Å². The second-order valence-electron chi connectivity index (χ2n) is 6.09. The van der Waals surface area contributed by atoms with E-state index in [9.17, 15) is 4.79 Å². The lowest BCUT2D eigenvalue weighted by atomic mass is 9.94. The summed E-state index contributed by atoms with van der Waals surface area (Å²) in [5, 5.41) is 1.57. The van der Waals surface area contributed by atoms with Gasteiger partial charge in [-0.2, -0.15) is 0 Å². The van der Waals surface area contributed by atoms with Crippen molar-refractivity contribution in [2.75, 3.05) is 13.6 Å². The number of hydrogen-bond donors (Lipinski definition) is 0. The van der Waals surface area contributed by atoms with Crippen LogP contribution in [0.2, 0.25) is 5.02 Å². The van der Waals surface area contributed by atoms with E-state index in [0.717, 1.165) is 21.9 Å². The molecule has 0 radical (unpaired) electrons. The first kappa shape index (κ1) is 16.2. The van der Waals surface area contributed by atoms with Crippen LogP contribution in [0.3, 0.4) is 0 Å². The van der Waals surface area contributed by atoms with Gasteiger partial charge in [0.1, 0.15) is 10.7 Å². The zero-order valence-electron chi connectivity index (χ0n) is 13.6. The van der Waals surface area contributed by atoms with Gasteiger partial charge >= 0.3 is 0 Å². The number of benzene rings is 1. The molecule has 2 aromatic heterocycles. The Kier molecular flexibility index (Phi) is 4.27. The minimum atomic E-state index is -0.0111. The Morgan fingerprint density at radius 3 is 2.60 bits per heavy atom. The van der Waals surface area contributed by atoms with Crippen LogP contribution in [-0.4, -0.2) is 34.4 Å². The zero-order valence-corrected chi connectivity index (χ0v) is 15.2. The van der Waals surface area contributed by atoms with Crippen molar-refractivity contribution in [3.63, 3.8) is 0 Å². The van der Waals surface area contributed by atoms with Crippen molar-refractivity contribution in [2.45, 2.75) is 12.3 Å². The van der Waals surface area contributed by atoms with Gasteiger partial charge < -0.3 is 4.90 Å². The molecule has 4 nitrogen and oxygen atoms in total. The summed E-state index contributed by atoms with van der Waals surface area (Å²) in [6.45, 7) is 0.708. The van der Waals surface area contributed by atoms with Gasteiger partial charge in [-0.1, -0.05) is 23.7 Å². The number of aromatic nitrogens is 2. The summed E-state index contributed by atoms with van der Waals surface area (Å²) in [5.41, 5.74) is 2.72. The molecule has 3 aromatic rings. The van der Waals surface area contributed by atoms with Gasteiger partial charge in [-0.3, -0.25) is 9.78 Å². The van der Waals surface area contributed by atoms with Gasteiger partial charge in [0.25, 0.3) is 5.91 Å². The Morgan fingerprint density at radius 2 is 1.88 bits per heavy atom. The average Bonchev–Trinajstić information content (AvgIpc) is 3.04. The van der Waals surface area contributed by atoms with Crippen molar-refractivity contribution in [1.29, 1.82) is 0 Å². The number of fused-ring (bicyclic) bond motifs is 1. The maximum Gasteiger partial charge on any atom is 0.273 e. The molecule has 0 spiro atoms. The number of rotatable bonds is 2. The van der Waals surface area contributed by atoms with Crippen LogP contribution in [0.4, 0.5) is 0 Å². The highest BCUT2D eigenvalue weighted by molar-refractivity contribution is 7.15. The van der Waals surface area contributed by atoms with Crippen LogP contribution in [0.25, 0.3) is 10.6 Å². The van der Waals surface area contributed by atoms with E-state index in [1.165, 1.54) is 5.56 Å². The van der Waals surface area contributed by atoms with Crippen molar-refractivity contribution >= 4 is 28.8 Å². The van der Waals surface area contributed by atoms with E-state index in [2.05, 4.69) is 9.97 Å². The predicted octanol–water partition coefficient (Wildman–Crippen LogP) is 4.47. The van der Waals surface area contributed by atoms with E-state index in [1.54, 1.807) is 28.6 Å². The van der Waals surface area contributed by atoms with Crippen LogP contribution in [-0.2, 0) is 0 Å². The Balaban J connectivity index is 1.84. The van der Waals surface area contributed by atoms with Crippen LogP contribution in [0.15, 0.2) is 48.8 Å². The van der Waals surface area contributed by atoms with Gasteiger partial charge in [-0.25, -0.2) is 4.98 Å². The first-order chi connectivity index (χ1) is 12.1. The number of carbonyl (C=O) groups is 1. The minimum absolute atomic E-state index is 0.0111. The monoisotopic (exact) mass is 369 g/mol. The number of amides is 1. The van der Waals surface area contributed by atoms with Crippen molar-refractivity contribution in [3.05, 3.63) is 69.9 Å². The third-order valence-corrected chi connectivity index (χ3v) is 5.94. The molecule has 0 saturated heterocycles. The number of carbonyl (C=O) groups excluding carboxylic acids is 1. The average molecular weight is 370 g/mol. The first-order valence-electron chi connectivity index (χ1n) is 8.05. The molecule has 0 fully saturated rings. The van der Waals surface area contributed by atoms with Gasteiger partial charge in [0.15, 0.2) is 0 Å². The summed E-state index contributed by atoms with van der Waals surface area (Å²) in [5.74, 6) is 0.136.